The molecule has 0 aliphatic carbocycles. The lowest BCUT2D eigenvalue weighted by Gasteiger charge is -2.12. The van der Waals surface area contributed by atoms with Crippen LogP contribution in [0.3, 0.4) is 0 Å². The zero-order valence-electron chi connectivity index (χ0n) is 8.18. The van der Waals surface area contributed by atoms with Crippen LogP contribution in [0.2, 0.25) is 0 Å². The van der Waals surface area contributed by atoms with E-state index >= 15 is 0 Å². The third-order valence-electron chi connectivity index (χ3n) is 1.70. The topological polar surface area (TPSA) is 45.9 Å². The second kappa shape index (κ2) is 5.19. The first-order valence-electron chi connectivity index (χ1n) is 4.24. The van der Waals surface area contributed by atoms with E-state index in [-0.39, 0.29) is 11.3 Å². The molecule has 0 aromatic carbocycles. The van der Waals surface area contributed by atoms with Gasteiger partial charge >= 0.3 is 6.36 Å². The Morgan fingerprint density at radius 3 is 2.59 bits per heavy atom. The van der Waals surface area contributed by atoms with Crippen LogP contribution in [0.25, 0.3) is 0 Å². The Bertz CT molecular complexity index is 456. The molecule has 0 atom stereocenters. The van der Waals surface area contributed by atoms with Crippen LogP contribution in [0.15, 0.2) is 6.07 Å². The number of nitriles is 1. The first-order chi connectivity index (χ1) is 7.87. The summed E-state index contributed by atoms with van der Waals surface area (Å²) < 4.78 is 52.9. The van der Waals surface area contributed by atoms with Crippen LogP contribution in [-0.2, 0) is 12.3 Å². The molecular formula is C9H5ClF4N2O. The standard InChI is InChI=1S/C9H5ClF4N2O/c10-4-7-6(11)3-5(1-2-15)8(16-7)17-9(12,13)14/h3H,1,4H2. The van der Waals surface area contributed by atoms with Crippen molar-refractivity contribution in [2.75, 3.05) is 0 Å². The SMILES string of the molecule is N#CCc1cc(F)c(CCl)nc1OC(F)(F)F. The Morgan fingerprint density at radius 2 is 2.12 bits per heavy atom. The fourth-order valence-corrected chi connectivity index (χ4v) is 1.24. The number of alkyl halides is 4. The molecule has 0 amide bonds. The van der Waals surface area contributed by atoms with Gasteiger partial charge in [-0.25, -0.2) is 9.37 Å². The molecule has 0 N–H and O–H groups in total. The lowest BCUT2D eigenvalue weighted by atomic mass is 10.2. The Hall–Kier alpha value is -1.55. The molecule has 0 radical (unpaired) electrons. The first kappa shape index (κ1) is 13.5. The van der Waals surface area contributed by atoms with E-state index in [0.29, 0.717) is 0 Å². The predicted molar refractivity (Wildman–Crippen MR) is 49.8 cm³/mol. The molecule has 0 aliphatic heterocycles. The Balaban J connectivity index is 3.20. The summed E-state index contributed by atoms with van der Waals surface area (Å²) in [4.78, 5) is 3.29. The molecule has 3 nitrogen and oxygen atoms in total. The van der Waals surface area contributed by atoms with Gasteiger partial charge in [-0.2, -0.15) is 5.26 Å². The van der Waals surface area contributed by atoms with Crippen LogP contribution in [0, 0.1) is 17.1 Å². The minimum atomic E-state index is -4.96. The monoisotopic (exact) mass is 268 g/mol. The van der Waals surface area contributed by atoms with Gasteiger partial charge in [-0.3, -0.25) is 0 Å². The molecule has 0 bridgehead atoms. The summed E-state index contributed by atoms with van der Waals surface area (Å²) in [6.45, 7) is 0. The maximum absolute atomic E-state index is 13.2. The molecule has 0 aliphatic rings. The van der Waals surface area contributed by atoms with Gasteiger partial charge in [0.25, 0.3) is 0 Å². The minimum Gasteiger partial charge on any atom is -0.388 e. The van der Waals surface area contributed by atoms with Gasteiger partial charge in [0.1, 0.15) is 5.82 Å². The summed E-state index contributed by atoms with van der Waals surface area (Å²) >= 11 is 5.30. The average molecular weight is 269 g/mol. The van der Waals surface area contributed by atoms with Crippen molar-refractivity contribution in [3.05, 3.63) is 23.1 Å². The van der Waals surface area contributed by atoms with Gasteiger partial charge < -0.3 is 4.74 Å². The van der Waals surface area contributed by atoms with Crippen molar-refractivity contribution >= 4 is 11.6 Å². The van der Waals surface area contributed by atoms with E-state index in [1.54, 1.807) is 6.07 Å². The number of rotatable bonds is 3. The summed E-state index contributed by atoms with van der Waals surface area (Å²) in [6, 6.07) is 2.35. The van der Waals surface area contributed by atoms with Crippen molar-refractivity contribution in [3.8, 4) is 11.9 Å². The first-order valence-corrected chi connectivity index (χ1v) is 4.77. The van der Waals surface area contributed by atoms with E-state index in [9.17, 15) is 17.6 Å². The van der Waals surface area contributed by atoms with Crippen molar-refractivity contribution < 1.29 is 22.3 Å². The number of aromatic nitrogens is 1. The Kier molecular flexibility index (Phi) is 4.12. The number of halogens is 5. The second-order valence-corrected chi connectivity index (χ2v) is 3.16. The number of nitrogens with zero attached hydrogens (tertiary/aromatic N) is 2. The Morgan fingerprint density at radius 1 is 1.47 bits per heavy atom. The van der Waals surface area contributed by atoms with Crippen molar-refractivity contribution in [2.45, 2.75) is 18.7 Å². The smallest absolute Gasteiger partial charge is 0.388 e. The van der Waals surface area contributed by atoms with Gasteiger partial charge in [-0.15, -0.1) is 24.8 Å². The van der Waals surface area contributed by atoms with Gasteiger partial charge in [0, 0.05) is 5.56 Å². The molecule has 0 saturated heterocycles. The van der Waals surface area contributed by atoms with Crippen LogP contribution >= 0.6 is 11.6 Å². The van der Waals surface area contributed by atoms with E-state index in [1.807, 2.05) is 0 Å². The molecule has 1 heterocycles. The summed E-state index contributed by atoms with van der Waals surface area (Å²) in [5.41, 5.74) is -0.649. The van der Waals surface area contributed by atoms with E-state index in [1.165, 1.54) is 0 Å². The number of pyridine rings is 1. The molecule has 1 rings (SSSR count). The van der Waals surface area contributed by atoms with Crippen LogP contribution in [-0.4, -0.2) is 11.3 Å². The zero-order valence-corrected chi connectivity index (χ0v) is 8.94. The van der Waals surface area contributed by atoms with Crippen molar-refractivity contribution in [1.82, 2.24) is 4.98 Å². The van der Waals surface area contributed by atoms with Crippen LogP contribution in [0.4, 0.5) is 17.6 Å². The third kappa shape index (κ3) is 3.75. The highest BCUT2D eigenvalue weighted by molar-refractivity contribution is 6.16. The van der Waals surface area contributed by atoms with Gasteiger partial charge in [-0.1, -0.05) is 0 Å². The molecule has 1 aromatic heterocycles. The normalized spacial score (nSPS) is 11.1. The minimum absolute atomic E-state index is 0.281. The van der Waals surface area contributed by atoms with Gasteiger partial charge in [0.2, 0.25) is 5.88 Å². The van der Waals surface area contributed by atoms with Gasteiger partial charge in [-0.05, 0) is 6.07 Å². The highest BCUT2D eigenvalue weighted by atomic mass is 35.5. The molecule has 0 fully saturated rings. The van der Waals surface area contributed by atoms with Crippen LogP contribution in [0.5, 0.6) is 5.88 Å². The summed E-state index contributed by atoms with van der Waals surface area (Å²) in [7, 11) is 0. The maximum Gasteiger partial charge on any atom is 0.574 e. The molecule has 8 heteroatoms. The quantitative estimate of drug-likeness (QED) is 0.625. The number of ether oxygens (including phenoxy) is 1. The summed E-state index contributed by atoms with van der Waals surface area (Å²) in [5, 5.41) is 8.40. The van der Waals surface area contributed by atoms with Crippen molar-refractivity contribution in [3.63, 3.8) is 0 Å². The molecule has 1 aromatic rings. The highest BCUT2D eigenvalue weighted by Gasteiger charge is 2.33. The van der Waals surface area contributed by atoms with Crippen molar-refractivity contribution in [2.24, 2.45) is 0 Å². The number of hydrogen-bond donors (Lipinski definition) is 0. The van der Waals surface area contributed by atoms with Gasteiger partial charge in [0.15, 0.2) is 0 Å². The number of hydrogen-bond acceptors (Lipinski definition) is 3. The zero-order chi connectivity index (χ0) is 13.1. The van der Waals surface area contributed by atoms with E-state index in [4.69, 9.17) is 16.9 Å². The lowest BCUT2D eigenvalue weighted by Crippen LogP contribution is -2.19. The van der Waals surface area contributed by atoms with Crippen LogP contribution in [0.1, 0.15) is 11.3 Å². The highest BCUT2D eigenvalue weighted by Crippen LogP contribution is 2.26. The molecular weight excluding hydrogens is 264 g/mol. The van der Waals surface area contributed by atoms with E-state index < -0.39 is 30.4 Å². The fourth-order valence-electron chi connectivity index (χ4n) is 1.05. The largest absolute Gasteiger partial charge is 0.574 e. The summed E-state index contributed by atoms with van der Waals surface area (Å²) in [5.74, 6) is -2.12. The maximum atomic E-state index is 13.2. The second-order valence-electron chi connectivity index (χ2n) is 2.90. The molecule has 0 unspecified atom stereocenters. The van der Waals surface area contributed by atoms with E-state index in [0.717, 1.165) is 6.07 Å². The average Bonchev–Trinajstić information content (AvgIpc) is 2.20. The summed E-state index contributed by atoms with van der Waals surface area (Å²) in [6.07, 6.45) is -5.41. The fraction of sp³-hybridized carbons (Fsp3) is 0.333. The molecule has 92 valence electrons. The van der Waals surface area contributed by atoms with Gasteiger partial charge in [0.05, 0.1) is 24.1 Å². The van der Waals surface area contributed by atoms with E-state index in [2.05, 4.69) is 9.72 Å². The lowest BCUT2D eigenvalue weighted by molar-refractivity contribution is -0.276. The van der Waals surface area contributed by atoms with Crippen LogP contribution < -0.4 is 4.74 Å². The molecule has 0 spiro atoms. The molecule has 17 heavy (non-hydrogen) atoms. The van der Waals surface area contributed by atoms with Crippen molar-refractivity contribution in [1.29, 1.82) is 5.26 Å². The predicted octanol–water partition coefficient (Wildman–Crippen LogP) is 2.92. The third-order valence-corrected chi connectivity index (χ3v) is 1.95. The Labute approximate surface area is 98.6 Å². The molecule has 0 saturated carbocycles.